The van der Waals surface area contributed by atoms with Crippen molar-refractivity contribution in [3.8, 4) is 0 Å². The number of hydrogen-bond donors (Lipinski definition) is 1. The Labute approximate surface area is 91.4 Å². The average Bonchev–Trinajstić information content (AvgIpc) is 2.80. The van der Waals surface area contributed by atoms with Crippen LogP contribution < -0.4 is 5.32 Å². The van der Waals surface area contributed by atoms with Gasteiger partial charge in [0.2, 0.25) is 5.91 Å². The van der Waals surface area contributed by atoms with Crippen LogP contribution in [0.5, 0.6) is 0 Å². The Morgan fingerprint density at radius 2 is 2.14 bits per heavy atom. The second-order valence-electron chi connectivity index (χ2n) is 4.81. The Hall–Kier alpha value is -0.240. The lowest BCUT2D eigenvalue weighted by molar-refractivity contribution is -0.123. The number of hydrogen-bond acceptors (Lipinski definition) is 1. The molecule has 3 heteroatoms. The summed E-state index contributed by atoms with van der Waals surface area (Å²) in [5.74, 6) is 2.13. The first-order chi connectivity index (χ1) is 6.54. The maximum absolute atomic E-state index is 11.6. The molecule has 0 aromatic rings. The molecular formula is C11H20ClNO. The van der Waals surface area contributed by atoms with Crippen LogP contribution in [-0.2, 0) is 4.79 Å². The lowest BCUT2D eigenvalue weighted by Crippen LogP contribution is -2.38. The van der Waals surface area contributed by atoms with Crippen molar-refractivity contribution in [2.24, 2.45) is 17.8 Å². The molecule has 0 radical (unpaired) electrons. The van der Waals surface area contributed by atoms with E-state index in [-0.39, 0.29) is 17.9 Å². The molecule has 1 aliphatic rings. The summed E-state index contributed by atoms with van der Waals surface area (Å²) in [7, 11) is 0. The minimum atomic E-state index is 0.150. The van der Waals surface area contributed by atoms with Crippen molar-refractivity contribution in [3.05, 3.63) is 0 Å². The molecule has 1 N–H and O–H groups in total. The van der Waals surface area contributed by atoms with Crippen LogP contribution in [0.1, 0.15) is 33.6 Å². The SMILES string of the molecule is CC(C)CC(CCl)NC(=O)C1CC1C. The smallest absolute Gasteiger partial charge is 0.223 e. The predicted octanol–water partition coefficient (Wildman–Crippen LogP) is 2.41. The normalized spacial score (nSPS) is 27.5. The van der Waals surface area contributed by atoms with E-state index in [0.29, 0.717) is 17.7 Å². The highest BCUT2D eigenvalue weighted by Crippen LogP contribution is 2.37. The highest BCUT2D eigenvalue weighted by Gasteiger charge is 2.39. The van der Waals surface area contributed by atoms with Gasteiger partial charge in [-0.1, -0.05) is 20.8 Å². The standard InChI is InChI=1S/C11H20ClNO/c1-7(2)4-9(6-12)13-11(14)10-5-8(10)3/h7-10H,4-6H2,1-3H3,(H,13,14). The second kappa shape index (κ2) is 5.01. The van der Waals surface area contributed by atoms with Crippen molar-refractivity contribution in [1.29, 1.82) is 0 Å². The third kappa shape index (κ3) is 3.49. The molecule has 1 aliphatic carbocycles. The van der Waals surface area contributed by atoms with Gasteiger partial charge in [0.25, 0.3) is 0 Å². The van der Waals surface area contributed by atoms with Gasteiger partial charge in [-0.15, -0.1) is 11.6 Å². The van der Waals surface area contributed by atoms with E-state index < -0.39 is 0 Å². The quantitative estimate of drug-likeness (QED) is 0.705. The number of halogens is 1. The Balaban J connectivity index is 2.29. The van der Waals surface area contributed by atoms with E-state index >= 15 is 0 Å². The van der Waals surface area contributed by atoms with Gasteiger partial charge in [0, 0.05) is 17.8 Å². The first-order valence-electron chi connectivity index (χ1n) is 5.41. The Kier molecular flexibility index (Phi) is 4.24. The van der Waals surface area contributed by atoms with E-state index in [1.54, 1.807) is 0 Å². The summed E-state index contributed by atoms with van der Waals surface area (Å²) in [6, 6.07) is 0.150. The van der Waals surface area contributed by atoms with Crippen LogP contribution in [0.3, 0.4) is 0 Å². The summed E-state index contributed by atoms with van der Waals surface area (Å²) in [6.07, 6.45) is 2.01. The number of carbonyl (C=O) groups excluding carboxylic acids is 1. The van der Waals surface area contributed by atoms with Gasteiger partial charge in [0.05, 0.1) is 0 Å². The molecule has 1 amide bonds. The van der Waals surface area contributed by atoms with Gasteiger partial charge in [-0.3, -0.25) is 4.79 Å². The van der Waals surface area contributed by atoms with Crippen molar-refractivity contribution in [3.63, 3.8) is 0 Å². The molecule has 1 rings (SSSR count). The van der Waals surface area contributed by atoms with Gasteiger partial charge < -0.3 is 5.32 Å². The zero-order valence-electron chi connectivity index (χ0n) is 9.22. The van der Waals surface area contributed by atoms with Gasteiger partial charge in [0.1, 0.15) is 0 Å². The molecule has 1 saturated carbocycles. The van der Waals surface area contributed by atoms with Crippen LogP contribution in [-0.4, -0.2) is 17.8 Å². The van der Waals surface area contributed by atoms with E-state index in [2.05, 4.69) is 26.1 Å². The molecule has 0 bridgehead atoms. The van der Waals surface area contributed by atoms with Crippen LogP contribution in [0.4, 0.5) is 0 Å². The van der Waals surface area contributed by atoms with E-state index in [1.165, 1.54) is 0 Å². The third-order valence-corrected chi connectivity index (χ3v) is 3.11. The zero-order valence-corrected chi connectivity index (χ0v) is 9.97. The largest absolute Gasteiger partial charge is 0.352 e. The van der Waals surface area contributed by atoms with Crippen molar-refractivity contribution in [2.45, 2.75) is 39.7 Å². The highest BCUT2D eigenvalue weighted by molar-refractivity contribution is 6.18. The van der Waals surface area contributed by atoms with Crippen molar-refractivity contribution in [1.82, 2.24) is 5.32 Å². The van der Waals surface area contributed by atoms with Crippen LogP contribution in [0.2, 0.25) is 0 Å². The molecule has 0 aliphatic heterocycles. The predicted molar refractivity (Wildman–Crippen MR) is 59.4 cm³/mol. The molecule has 3 atom stereocenters. The molecule has 2 nitrogen and oxygen atoms in total. The van der Waals surface area contributed by atoms with E-state index in [0.717, 1.165) is 12.8 Å². The Morgan fingerprint density at radius 3 is 2.50 bits per heavy atom. The fraction of sp³-hybridized carbons (Fsp3) is 0.909. The van der Waals surface area contributed by atoms with Gasteiger partial charge in [0.15, 0.2) is 0 Å². The molecule has 1 fully saturated rings. The maximum atomic E-state index is 11.6. The first kappa shape index (κ1) is 11.8. The van der Waals surface area contributed by atoms with Gasteiger partial charge >= 0.3 is 0 Å². The molecular weight excluding hydrogens is 198 g/mol. The Morgan fingerprint density at radius 1 is 1.57 bits per heavy atom. The first-order valence-corrected chi connectivity index (χ1v) is 5.94. The fourth-order valence-corrected chi connectivity index (χ4v) is 1.93. The summed E-state index contributed by atoms with van der Waals surface area (Å²) in [4.78, 5) is 11.6. The van der Waals surface area contributed by atoms with E-state index in [1.807, 2.05) is 0 Å². The highest BCUT2D eigenvalue weighted by atomic mass is 35.5. The number of rotatable bonds is 5. The van der Waals surface area contributed by atoms with Crippen molar-refractivity contribution in [2.75, 3.05) is 5.88 Å². The van der Waals surface area contributed by atoms with E-state index in [9.17, 15) is 4.79 Å². The van der Waals surface area contributed by atoms with Gasteiger partial charge in [-0.05, 0) is 24.7 Å². The molecule has 3 unspecified atom stereocenters. The lowest BCUT2D eigenvalue weighted by Gasteiger charge is -2.17. The summed E-state index contributed by atoms with van der Waals surface area (Å²) >= 11 is 5.80. The van der Waals surface area contributed by atoms with Crippen LogP contribution >= 0.6 is 11.6 Å². The summed E-state index contributed by atoms with van der Waals surface area (Å²) in [6.45, 7) is 6.40. The summed E-state index contributed by atoms with van der Waals surface area (Å²) in [5.41, 5.74) is 0. The van der Waals surface area contributed by atoms with E-state index in [4.69, 9.17) is 11.6 Å². The van der Waals surface area contributed by atoms with Crippen LogP contribution in [0.25, 0.3) is 0 Å². The van der Waals surface area contributed by atoms with Crippen molar-refractivity contribution >= 4 is 17.5 Å². The summed E-state index contributed by atoms with van der Waals surface area (Å²) < 4.78 is 0. The number of amides is 1. The minimum absolute atomic E-state index is 0.150. The van der Waals surface area contributed by atoms with Crippen LogP contribution in [0.15, 0.2) is 0 Å². The summed E-state index contributed by atoms with van der Waals surface area (Å²) in [5, 5.41) is 3.02. The van der Waals surface area contributed by atoms with Gasteiger partial charge in [-0.2, -0.15) is 0 Å². The van der Waals surface area contributed by atoms with Crippen molar-refractivity contribution < 1.29 is 4.79 Å². The molecule has 0 saturated heterocycles. The lowest BCUT2D eigenvalue weighted by atomic mass is 10.0. The van der Waals surface area contributed by atoms with Crippen LogP contribution in [0, 0.1) is 17.8 Å². The Bertz CT molecular complexity index is 205. The molecule has 14 heavy (non-hydrogen) atoms. The fourth-order valence-electron chi connectivity index (χ4n) is 1.73. The third-order valence-electron chi connectivity index (χ3n) is 2.73. The topological polar surface area (TPSA) is 29.1 Å². The monoisotopic (exact) mass is 217 g/mol. The molecule has 0 aromatic heterocycles. The number of alkyl halides is 1. The molecule has 0 aromatic carbocycles. The number of nitrogens with one attached hydrogen (secondary N) is 1. The zero-order chi connectivity index (χ0) is 10.7. The molecule has 0 heterocycles. The molecule has 0 spiro atoms. The maximum Gasteiger partial charge on any atom is 0.223 e. The van der Waals surface area contributed by atoms with Gasteiger partial charge in [-0.25, -0.2) is 0 Å². The average molecular weight is 218 g/mol. The number of carbonyl (C=O) groups is 1. The molecule has 82 valence electrons. The second-order valence-corrected chi connectivity index (χ2v) is 5.12. The minimum Gasteiger partial charge on any atom is -0.352 e.